The lowest BCUT2D eigenvalue weighted by Crippen LogP contribution is -2.31. The second kappa shape index (κ2) is 7.21. The normalized spacial score (nSPS) is 17.7. The average molecular weight is 385 g/mol. The Kier molecular flexibility index (Phi) is 5.51. The van der Waals surface area contributed by atoms with Crippen molar-refractivity contribution in [2.45, 2.75) is 32.9 Å². The van der Waals surface area contributed by atoms with Crippen LogP contribution < -0.4 is 14.8 Å². The van der Waals surface area contributed by atoms with Crippen molar-refractivity contribution in [2.24, 2.45) is 5.92 Å². The van der Waals surface area contributed by atoms with Crippen molar-refractivity contribution >= 4 is 27.9 Å². The number of hydrogen-bond donors (Lipinski definition) is 1. The summed E-state index contributed by atoms with van der Waals surface area (Å²) < 4.78 is 11.3. The van der Waals surface area contributed by atoms with Gasteiger partial charge in [-0.3, -0.25) is 9.69 Å². The summed E-state index contributed by atoms with van der Waals surface area (Å²) in [6.45, 7) is 4.22. The monoisotopic (exact) mass is 384 g/mol. The van der Waals surface area contributed by atoms with Crippen LogP contribution in [0.25, 0.3) is 0 Å². The SMILES string of the molecule is COc1cc(Br)c(CN2C(=O)NC(CC(C)C)C2=O)cc1OC. The van der Waals surface area contributed by atoms with E-state index in [1.54, 1.807) is 26.4 Å². The van der Waals surface area contributed by atoms with Crippen LogP contribution in [0.5, 0.6) is 11.5 Å². The topological polar surface area (TPSA) is 67.9 Å². The molecule has 7 heteroatoms. The lowest BCUT2D eigenvalue weighted by atomic mass is 10.0. The van der Waals surface area contributed by atoms with E-state index < -0.39 is 6.04 Å². The van der Waals surface area contributed by atoms with Gasteiger partial charge in [-0.1, -0.05) is 29.8 Å². The van der Waals surface area contributed by atoms with Gasteiger partial charge in [-0.25, -0.2) is 4.79 Å². The Morgan fingerprint density at radius 2 is 1.83 bits per heavy atom. The Morgan fingerprint density at radius 1 is 1.22 bits per heavy atom. The summed E-state index contributed by atoms with van der Waals surface area (Å²) in [5, 5.41) is 2.74. The summed E-state index contributed by atoms with van der Waals surface area (Å²) in [6, 6.07) is 2.72. The van der Waals surface area contributed by atoms with Gasteiger partial charge in [-0.2, -0.15) is 0 Å². The van der Waals surface area contributed by atoms with Crippen LogP contribution in [0.3, 0.4) is 0 Å². The molecular weight excluding hydrogens is 364 g/mol. The fourth-order valence-corrected chi connectivity index (χ4v) is 2.99. The average Bonchev–Trinajstić information content (AvgIpc) is 2.75. The van der Waals surface area contributed by atoms with E-state index in [0.717, 1.165) is 10.0 Å². The van der Waals surface area contributed by atoms with Gasteiger partial charge in [-0.05, 0) is 30.0 Å². The smallest absolute Gasteiger partial charge is 0.325 e. The van der Waals surface area contributed by atoms with E-state index in [9.17, 15) is 9.59 Å². The van der Waals surface area contributed by atoms with Crippen LogP contribution >= 0.6 is 15.9 Å². The zero-order valence-electron chi connectivity index (χ0n) is 13.7. The molecule has 1 atom stereocenters. The summed E-state index contributed by atoms with van der Waals surface area (Å²) in [4.78, 5) is 25.7. The van der Waals surface area contributed by atoms with E-state index in [1.165, 1.54) is 4.90 Å². The molecule has 126 valence electrons. The van der Waals surface area contributed by atoms with Crippen molar-refractivity contribution < 1.29 is 19.1 Å². The summed E-state index contributed by atoms with van der Waals surface area (Å²) in [5.74, 6) is 1.27. The number of ether oxygens (including phenoxy) is 2. The van der Waals surface area contributed by atoms with Crippen molar-refractivity contribution in [2.75, 3.05) is 14.2 Å². The van der Waals surface area contributed by atoms with Crippen LogP contribution in [0.4, 0.5) is 4.79 Å². The quantitative estimate of drug-likeness (QED) is 0.765. The van der Waals surface area contributed by atoms with Crippen molar-refractivity contribution in [3.8, 4) is 11.5 Å². The standard InChI is InChI=1S/C16H21BrN2O4/c1-9(2)5-12-15(20)19(16(21)18-12)8-10-6-13(22-3)14(23-4)7-11(10)17/h6-7,9,12H,5,8H2,1-4H3,(H,18,21). The minimum atomic E-state index is -0.443. The molecule has 0 spiro atoms. The van der Waals surface area contributed by atoms with E-state index in [1.807, 2.05) is 13.8 Å². The molecule has 0 bridgehead atoms. The maximum atomic E-state index is 12.4. The molecule has 1 aliphatic heterocycles. The van der Waals surface area contributed by atoms with Gasteiger partial charge in [0.25, 0.3) is 5.91 Å². The first kappa shape index (κ1) is 17.6. The largest absolute Gasteiger partial charge is 0.493 e. The number of hydrogen-bond acceptors (Lipinski definition) is 4. The van der Waals surface area contributed by atoms with E-state index in [2.05, 4.69) is 21.2 Å². The number of carbonyl (C=O) groups is 2. The maximum absolute atomic E-state index is 12.4. The predicted octanol–water partition coefficient (Wildman–Crippen LogP) is 2.93. The van der Waals surface area contributed by atoms with Gasteiger partial charge in [0.1, 0.15) is 6.04 Å². The number of nitrogens with zero attached hydrogens (tertiary/aromatic N) is 1. The van der Waals surface area contributed by atoms with Gasteiger partial charge >= 0.3 is 6.03 Å². The third kappa shape index (κ3) is 3.77. The molecule has 0 radical (unpaired) electrons. The molecule has 3 amide bonds. The summed E-state index contributed by atoms with van der Waals surface area (Å²) in [7, 11) is 3.10. The first-order valence-corrected chi connectivity index (χ1v) is 8.19. The van der Waals surface area contributed by atoms with Crippen LogP contribution in [-0.4, -0.2) is 37.1 Å². The Morgan fingerprint density at radius 3 is 2.39 bits per heavy atom. The highest BCUT2D eigenvalue weighted by Crippen LogP contribution is 2.34. The number of rotatable bonds is 6. The van der Waals surface area contributed by atoms with Gasteiger partial charge in [0, 0.05) is 4.47 Å². The molecule has 0 saturated carbocycles. The van der Waals surface area contributed by atoms with Crippen molar-refractivity contribution in [1.82, 2.24) is 10.2 Å². The Balaban J connectivity index is 2.22. The summed E-state index contributed by atoms with van der Waals surface area (Å²) >= 11 is 3.45. The number of amides is 3. The molecule has 1 aromatic rings. The fraction of sp³-hybridized carbons (Fsp3) is 0.500. The third-order valence-electron chi connectivity index (χ3n) is 3.70. The predicted molar refractivity (Wildman–Crippen MR) is 89.6 cm³/mol. The Labute approximate surface area is 144 Å². The molecule has 1 fully saturated rings. The highest BCUT2D eigenvalue weighted by atomic mass is 79.9. The number of benzene rings is 1. The van der Waals surface area contributed by atoms with E-state index >= 15 is 0 Å². The lowest BCUT2D eigenvalue weighted by molar-refractivity contribution is -0.128. The molecular formula is C16H21BrN2O4. The Bertz CT molecular complexity index is 618. The number of halogens is 1. The second-order valence-electron chi connectivity index (χ2n) is 5.85. The van der Waals surface area contributed by atoms with Gasteiger partial charge in [0.15, 0.2) is 11.5 Å². The van der Waals surface area contributed by atoms with Crippen molar-refractivity contribution in [3.05, 3.63) is 22.2 Å². The minimum absolute atomic E-state index is 0.181. The second-order valence-corrected chi connectivity index (χ2v) is 6.71. The van der Waals surface area contributed by atoms with Gasteiger partial charge < -0.3 is 14.8 Å². The molecule has 0 aromatic heterocycles. The molecule has 1 saturated heterocycles. The van der Waals surface area contributed by atoms with Gasteiger partial charge in [0.05, 0.1) is 20.8 Å². The van der Waals surface area contributed by atoms with Crippen molar-refractivity contribution in [1.29, 1.82) is 0 Å². The maximum Gasteiger partial charge on any atom is 0.325 e. The first-order chi connectivity index (χ1) is 10.9. The fourth-order valence-electron chi connectivity index (χ4n) is 2.55. The van der Waals surface area contributed by atoms with E-state index in [-0.39, 0.29) is 18.5 Å². The van der Waals surface area contributed by atoms with Crippen LogP contribution in [0.1, 0.15) is 25.8 Å². The number of urea groups is 1. The number of methoxy groups -OCH3 is 2. The molecule has 2 rings (SSSR count). The number of nitrogens with one attached hydrogen (secondary N) is 1. The van der Waals surface area contributed by atoms with Crippen LogP contribution in [-0.2, 0) is 11.3 Å². The molecule has 1 N–H and O–H groups in total. The minimum Gasteiger partial charge on any atom is -0.493 e. The lowest BCUT2D eigenvalue weighted by Gasteiger charge is -2.17. The molecule has 1 aliphatic rings. The van der Waals surface area contributed by atoms with Crippen LogP contribution in [0.15, 0.2) is 16.6 Å². The van der Waals surface area contributed by atoms with Crippen LogP contribution in [0, 0.1) is 5.92 Å². The third-order valence-corrected chi connectivity index (χ3v) is 4.43. The van der Waals surface area contributed by atoms with Gasteiger partial charge in [0.2, 0.25) is 0 Å². The van der Waals surface area contributed by atoms with Crippen molar-refractivity contribution in [3.63, 3.8) is 0 Å². The first-order valence-electron chi connectivity index (χ1n) is 7.39. The molecule has 1 unspecified atom stereocenters. The molecule has 1 aromatic carbocycles. The molecule has 0 aliphatic carbocycles. The van der Waals surface area contributed by atoms with E-state index in [4.69, 9.17) is 9.47 Å². The number of carbonyl (C=O) groups excluding carboxylic acids is 2. The highest BCUT2D eigenvalue weighted by Gasteiger charge is 2.38. The zero-order chi connectivity index (χ0) is 17.1. The number of imide groups is 1. The zero-order valence-corrected chi connectivity index (χ0v) is 15.3. The van der Waals surface area contributed by atoms with Gasteiger partial charge in [-0.15, -0.1) is 0 Å². The van der Waals surface area contributed by atoms with E-state index in [0.29, 0.717) is 23.8 Å². The summed E-state index contributed by atoms with van der Waals surface area (Å²) in [5.41, 5.74) is 0.774. The Hall–Kier alpha value is -1.76. The van der Waals surface area contributed by atoms with Crippen LogP contribution in [0.2, 0.25) is 0 Å². The summed E-state index contributed by atoms with van der Waals surface area (Å²) in [6.07, 6.45) is 0.633. The molecule has 23 heavy (non-hydrogen) atoms. The highest BCUT2D eigenvalue weighted by molar-refractivity contribution is 9.10. The molecule has 1 heterocycles. The molecule has 6 nitrogen and oxygen atoms in total.